The number of thiazole rings is 1. The Kier molecular flexibility index (Phi) is 5.75. The minimum absolute atomic E-state index is 0.106. The van der Waals surface area contributed by atoms with Crippen LogP contribution in [0.1, 0.15) is 11.3 Å². The summed E-state index contributed by atoms with van der Waals surface area (Å²) in [5, 5.41) is 12.0. The van der Waals surface area contributed by atoms with Crippen LogP contribution in [0.4, 0.5) is 0 Å². The summed E-state index contributed by atoms with van der Waals surface area (Å²) in [5.74, 6) is 0.367. The SMILES string of the molecule is COc1ccc(-c2nc(CC(=O)O)cs2)c(OCc2cccc(Cl)c2)c1. The number of aromatic nitrogens is 1. The summed E-state index contributed by atoms with van der Waals surface area (Å²) < 4.78 is 11.3. The molecule has 134 valence electrons. The van der Waals surface area contributed by atoms with Crippen LogP contribution in [0.5, 0.6) is 11.5 Å². The zero-order chi connectivity index (χ0) is 18.5. The molecule has 7 heteroatoms. The highest BCUT2D eigenvalue weighted by Gasteiger charge is 2.14. The van der Waals surface area contributed by atoms with Crippen LogP contribution < -0.4 is 9.47 Å². The Hall–Kier alpha value is -2.57. The van der Waals surface area contributed by atoms with Crippen molar-refractivity contribution in [3.63, 3.8) is 0 Å². The van der Waals surface area contributed by atoms with Gasteiger partial charge in [-0.3, -0.25) is 4.79 Å². The highest BCUT2D eigenvalue weighted by Crippen LogP contribution is 2.35. The van der Waals surface area contributed by atoms with Gasteiger partial charge in [-0.25, -0.2) is 4.98 Å². The van der Waals surface area contributed by atoms with E-state index in [4.69, 9.17) is 26.2 Å². The summed E-state index contributed by atoms with van der Waals surface area (Å²) in [5.41, 5.74) is 2.25. The van der Waals surface area contributed by atoms with Gasteiger partial charge in [-0.1, -0.05) is 23.7 Å². The fourth-order valence-corrected chi connectivity index (χ4v) is 3.44. The third-order valence-electron chi connectivity index (χ3n) is 3.59. The number of halogens is 1. The molecule has 0 amide bonds. The number of ether oxygens (including phenoxy) is 2. The van der Waals surface area contributed by atoms with E-state index in [1.807, 2.05) is 36.4 Å². The molecule has 0 spiro atoms. The topological polar surface area (TPSA) is 68.7 Å². The molecule has 0 aliphatic heterocycles. The minimum Gasteiger partial charge on any atom is -0.497 e. The first kappa shape index (κ1) is 18.2. The zero-order valence-electron chi connectivity index (χ0n) is 13.9. The standard InChI is InChI=1S/C19H16ClNO4S/c1-24-15-5-6-16(19-21-14(11-26-19)8-18(22)23)17(9-15)25-10-12-3-2-4-13(20)7-12/h2-7,9,11H,8,10H2,1H3,(H,22,23). The normalized spacial score (nSPS) is 10.5. The molecule has 0 atom stereocenters. The van der Waals surface area contributed by atoms with Crippen LogP contribution in [0.15, 0.2) is 47.8 Å². The second-order valence-corrected chi connectivity index (χ2v) is 6.79. The lowest BCUT2D eigenvalue weighted by molar-refractivity contribution is -0.136. The smallest absolute Gasteiger partial charge is 0.309 e. The Balaban J connectivity index is 1.87. The number of hydrogen-bond acceptors (Lipinski definition) is 5. The third kappa shape index (κ3) is 4.53. The number of benzene rings is 2. The molecule has 3 rings (SSSR count). The average Bonchev–Trinajstić information content (AvgIpc) is 3.07. The number of carboxylic acid groups (broad SMARTS) is 1. The van der Waals surface area contributed by atoms with Gasteiger partial charge >= 0.3 is 5.97 Å². The Bertz CT molecular complexity index is 925. The number of carbonyl (C=O) groups is 1. The van der Waals surface area contributed by atoms with Crippen LogP contribution in [0.2, 0.25) is 5.02 Å². The van der Waals surface area contributed by atoms with Crippen molar-refractivity contribution in [2.24, 2.45) is 0 Å². The first-order valence-corrected chi connectivity index (χ1v) is 9.03. The van der Waals surface area contributed by atoms with E-state index in [2.05, 4.69) is 4.98 Å². The van der Waals surface area contributed by atoms with Gasteiger partial charge in [0, 0.05) is 16.5 Å². The van der Waals surface area contributed by atoms with Gasteiger partial charge in [-0.05, 0) is 29.8 Å². The quantitative estimate of drug-likeness (QED) is 0.635. The summed E-state index contributed by atoms with van der Waals surface area (Å²) in [6, 6.07) is 12.9. The minimum atomic E-state index is -0.908. The number of rotatable bonds is 7. The van der Waals surface area contributed by atoms with Gasteiger partial charge in [0.1, 0.15) is 23.1 Å². The van der Waals surface area contributed by atoms with Crippen molar-refractivity contribution in [3.05, 3.63) is 64.1 Å². The molecule has 2 aromatic carbocycles. The van der Waals surface area contributed by atoms with Crippen molar-refractivity contribution in [2.45, 2.75) is 13.0 Å². The monoisotopic (exact) mass is 389 g/mol. The molecule has 0 saturated carbocycles. The van der Waals surface area contributed by atoms with E-state index in [9.17, 15) is 4.79 Å². The Morgan fingerprint density at radius 3 is 2.85 bits per heavy atom. The molecule has 0 radical (unpaired) electrons. The summed E-state index contributed by atoms with van der Waals surface area (Å²) >= 11 is 7.39. The van der Waals surface area contributed by atoms with E-state index < -0.39 is 5.97 Å². The second kappa shape index (κ2) is 8.21. The largest absolute Gasteiger partial charge is 0.497 e. The summed E-state index contributed by atoms with van der Waals surface area (Å²) in [6.45, 7) is 0.341. The summed E-state index contributed by atoms with van der Waals surface area (Å²) in [6.07, 6.45) is -0.106. The molecule has 0 fully saturated rings. The number of hydrogen-bond donors (Lipinski definition) is 1. The van der Waals surface area contributed by atoms with Crippen LogP contribution in [0.3, 0.4) is 0 Å². The molecular weight excluding hydrogens is 374 g/mol. The van der Waals surface area contributed by atoms with Crippen LogP contribution in [-0.2, 0) is 17.8 Å². The van der Waals surface area contributed by atoms with E-state index in [1.54, 1.807) is 18.6 Å². The Morgan fingerprint density at radius 1 is 1.27 bits per heavy atom. The van der Waals surface area contributed by atoms with Crippen LogP contribution in [-0.4, -0.2) is 23.2 Å². The maximum absolute atomic E-state index is 10.9. The number of carboxylic acids is 1. The highest BCUT2D eigenvalue weighted by atomic mass is 35.5. The molecule has 1 N–H and O–H groups in total. The van der Waals surface area contributed by atoms with Crippen molar-refractivity contribution in [1.82, 2.24) is 4.98 Å². The predicted molar refractivity (Wildman–Crippen MR) is 101 cm³/mol. The van der Waals surface area contributed by atoms with Crippen molar-refractivity contribution in [3.8, 4) is 22.1 Å². The number of methoxy groups -OCH3 is 1. The van der Waals surface area contributed by atoms with Crippen molar-refractivity contribution >= 4 is 28.9 Å². The van der Waals surface area contributed by atoms with Gasteiger partial charge in [0.15, 0.2) is 0 Å². The summed E-state index contributed by atoms with van der Waals surface area (Å²) in [4.78, 5) is 15.3. The van der Waals surface area contributed by atoms with Crippen LogP contribution in [0, 0.1) is 0 Å². The molecule has 26 heavy (non-hydrogen) atoms. The van der Waals surface area contributed by atoms with E-state index >= 15 is 0 Å². The third-order valence-corrected chi connectivity index (χ3v) is 4.75. The lowest BCUT2D eigenvalue weighted by Crippen LogP contribution is -2.00. The number of nitrogens with zero attached hydrogens (tertiary/aromatic N) is 1. The van der Waals surface area contributed by atoms with Gasteiger partial charge in [-0.2, -0.15) is 0 Å². The number of aliphatic carboxylic acids is 1. The molecule has 0 aliphatic carbocycles. The molecule has 0 saturated heterocycles. The second-order valence-electron chi connectivity index (χ2n) is 5.50. The average molecular weight is 390 g/mol. The van der Waals surface area contributed by atoms with Gasteiger partial charge < -0.3 is 14.6 Å². The molecule has 0 unspecified atom stereocenters. The first-order valence-electron chi connectivity index (χ1n) is 7.77. The first-order chi connectivity index (χ1) is 12.5. The Morgan fingerprint density at radius 2 is 2.12 bits per heavy atom. The molecule has 5 nitrogen and oxygen atoms in total. The van der Waals surface area contributed by atoms with E-state index in [1.165, 1.54) is 11.3 Å². The van der Waals surface area contributed by atoms with Gasteiger partial charge in [0.25, 0.3) is 0 Å². The molecule has 3 aromatic rings. The fourth-order valence-electron chi connectivity index (χ4n) is 2.38. The highest BCUT2D eigenvalue weighted by molar-refractivity contribution is 7.13. The maximum atomic E-state index is 10.9. The Labute approximate surface area is 159 Å². The van der Waals surface area contributed by atoms with Gasteiger partial charge in [-0.15, -0.1) is 11.3 Å². The van der Waals surface area contributed by atoms with Crippen molar-refractivity contribution in [2.75, 3.05) is 7.11 Å². The van der Waals surface area contributed by atoms with E-state index in [-0.39, 0.29) is 6.42 Å². The zero-order valence-corrected chi connectivity index (χ0v) is 15.5. The molecule has 1 aromatic heterocycles. The van der Waals surface area contributed by atoms with E-state index in [0.717, 1.165) is 11.1 Å². The lowest BCUT2D eigenvalue weighted by atomic mass is 10.2. The van der Waals surface area contributed by atoms with E-state index in [0.29, 0.717) is 33.8 Å². The maximum Gasteiger partial charge on any atom is 0.309 e. The van der Waals surface area contributed by atoms with Crippen molar-refractivity contribution < 1.29 is 19.4 Å². The van der Waals surface area contributed by atoms with Crippen LogP contribution >= 0.6 is 22.9 Å². The molecule has 1 heterocycles. The van der Waals surface area contributed by atoms with Crippen LogP contribution in [0.25, 0.3) is 10.6 Å². The molecule has 0 bridgehead atoms. The summed E-state index contributed by atoms with van der Waals surface area (Å²) in [7, 11) is 1.59. The van der Waals surface area contributed by atoms with Gasteiger partial charge in [0.05, 0.1) is 24.8 Å². The van der Waals surface area contributed by atoms with Gasteiger partial charge in [0.2, 0.25) is 0 Å². The molecular formula is C19H16ClNO4S. The predicted octanol–water partition coefficient (Wildman–Crippen LogP) is 4.68. The van der Waals surface area contributed by atoms with Crippen molar-refractivity contribution in [1.29, 1.82) is 0 Å². The lowest BCUT2D eigenvalue weighted by Gasteiger charge is -2.12. The fraction of sp³-hybridized carbons (Fsp3) is 0.158. The molecule has 0 aliphatic rings.